The summed E-state index contributed by atoms with van der Waals surface area (Å²) in [4.78, 5) is 2.54. The number of unbranched alkanes of at least 4 members (excludes halogenated alkanes) is 2. The average Bonchev–Trinajstić information content (AvgIpc) is 3.41. The van der Waals surface area contributed by atoms with Crippen LogP contribution >= 0.6 is 0 Å². The maximum atomic E-state index is 5.28. The number of para-hydroxylation sites is 1. The van der Waals surface area contributed by atoms with Crippen LogP contribution in [0.3, 0.4) is 0 Å². The van der Waals surface area contributed by atoms with Crippen LogP contribution in [0, 0.1) is 0 Å². The molecule has 1 aromatic carbocycles. The van der Waals surface area contributed by atoms with Crippen molar-refractivity contribution in [3.8, 4) is 0 Å². The predicted octanol–water partition coefficient (Wildman–Crippen LogP) is 3.63. The largest absolute Gasteiger partial charge is 0.373 e. The Morgan fingerprint density at radius 2 is 1.33 bits per heavy atom. The molecule has 2 saturated heterocycles. The lowest BCUT2D eigenvalue weighted by molar-refractivity contribution is 0.387. The van der Waals surface area contributed by atoms with Gasteiger partial charge in [0.1, 0.15) is 0 Å². The molecule has 2 aliphatic heterocycles. The summed E-state index contributed by atoms with van der Waals surface area (Å²) in [6.45, 7) is 4.31. The van der Waals surface area contributed by atoms with Crippen molar-refractivity contribution in [3.05, 3.63) is 30.3 Å². The van der Waals surface area contributed by atoms with Crippen LogP contribution in [0.25, 0.3) is 0 Å². The van der Waals surface area contributed by atoms with Gasteiger partial charge in [0.25, 0.3) is 0 Å². The second-order valence-corrected chi connectivity index (χ2v) is 6.22. The molecule has 0 saturated carbocycles. The van der Waals surface area contributed by atoms with Crippen molar-refractivity contribution >= 4 is 5.69 Å². The van der Waals surface area contributed by atoms with Gasteiger partial charge in [-0.2, -0.15) is 0 Å². The summed E-state index contributed by atoms with van der Waals surface area (Å²) < 4.78 is 10.6. The number of nitrogens with zero attached hydrogens (tertiary/aromatic N) is 1. The van der Waals surface area contributed by atoms with Gasteiger partial charge in [-0.15, -0.1) is 0 Å². The Morgan fingerprint density at radius 1 is 0.810 bits per heavy atom. The first-order valence-electron chi connectivity index (χ1n) is 8.45. The Kier molecular flexibility index (Phi) is 5.53. The molecule has 0 spiro atoms. The van der Waals surface area contributed by atoms with Crippen LogP contribution in [0.15, 0.2) is 30.3 Å². The van der Waals surface area contributed by atoms with Crippen molar-refractivity contribution in [1.29, 1.82) is 0 Å². The lowest BCUT2D eigenvalue weighted by atomic mass is 10.1. The van der Waals surface area contributed by atoms with Gasteiger partial charge in [-0.25, -0.2) is 0 Å². The summed E-state index contributed by atoms with van der Waals surface area (Å²) in [6.07, 6.45) is 8.72. The van der Waals surface area contributed by atoms with Gasteiger partial charge in [0.2, 0.25) is 0 Å². The minimum Gasteiger partial charge on any atom is -0.373 e. The highest BCUT2D eigenvalue weighted by Gasteiger charge is 2.22. The van der Waals surface area contributed by atoms with Gasteiger partial charge in [0.15, 0.2) is 0 Å². The number of benzene rings is 1. The highest BCUT2D eigenvalue weighted by Crippen LogP contribution is 2.20. The third-order valence-electron chi connectivity index (χ3n) is 4.33. The predicted molar refractivity (Wildman–Crippen MR) is 85.8 cm³/mol. The molecule has 3 nitrogen and oxygen atoms in total. The lowest BCUT2D eigenvalue weighted by Gasteiger charge is -2.25. The third-order valence-corrected chi connectivity index (χ3v) is 4.33. The average molecular weight is 289 g/mol. The highest BCUT2D eigenvalue weighted by molar-refractivity contribution is 5.45. The van der Waals surface area contributed by atoms with E-state index < -0.39 is 0 Å². The Bertz CT molecular complexity index is 381. The lowest BCUT2D eigenvalue weighted by Crippen LogP contribution is -2.25. The molecule has 3 rings (SSSR count). The van der Waals surface area contributed by atoms with Crippen molar-refractivity contribution in [1.82, 2.24) is 0 Å². The number of hydrogen-bond acceptors (Lipinski definition) is 3. The van der Waals surface area contributed by atoms with Crippen LogP contribution in [-0.4, -0.2) is 38.5 Å². The number of hydrogen-bond donors (Lipinski definition) is 0. The molecule has 0 aromatic heterocycles. The zero-order chi connectivity index (χ0) is 14.3. The molecule has 0 radical (unpaired) electrons. The van der Waals surface area contributed by atoms with Crippen molar-refractivity contribution in [2.75, 3.05) is 31.2 Å². The maximum Gasteiger partial charge on any atom is 0.0810 e. The van der Waals surface area contributed by atoms with Gasteiger partial charge in [-0.1, -0.05) is 18.2 Å². The molecule has 2 heterocycles. The molecule has 1 aromatic rings. The zero-order valence-electron chi connectivity index (χ0n) is 12.9. The fraction of sp³-hybridized carbons (Fsp3) is 0.667. The molecule has 0 aliphatic carbocycles. The molecular formula is C18H27NO2. The van der Waals surface area contributed by atoms with E-state index in [0.717, 1.165) is 26.3 Å². The minimum atomic E-state index is 0.578. The second kappa shape index (κ2) is 7.81. The van der Waals surface area contributed by atoms with E-state index in [1.54, 1.807) is 0 Å². The van der Waals surface area contributed by atoms with Gasteiger partial charge in [-0.3, -0.25) is 0 Å². The number of ether oxygens (including phenoxy) is 2. The molecule has 2 unspecified atom stereocenters. The van der Waals surface area contributed by atoms with Crippen molar-refractivity contribution in [2.45, 2.75) is 50.7 Å². The Hall–Kier alpha value is -1.06. The number of rotatable bonds is 11. The fourth-order valence-corrected chi connectivity index (χ4v) is 2.83. The van der Waals surface area contributed by atoms with Gasteiger partial charge in [-0.05, 0) is 50.7 Å². The summed E-state index contributed by atoms with van der Waals surface area (Å²) in [6, 6.07) is 10.8. The van der Waals surface area contributed by atoms with Gasteiger partial charge in [0.05, 0.1) is 25.4 Å². The van der Waals surface area contributed by atoms with Crippen molar-refractivity contribution < 1.29 is 9.47 Å². The zero-order valence-corrected chi connectivity index (χ0v) is 12.9. The topological polar surface area (TPSA) is 28.3 Å². The molecule has 0 N–H and O–H groups in total. The maximum absolute atomic E-state index is 5.28. The first-order chi connectivity index (χ1) is 10.4. The summed E-state index contributed by atoms with van der Waals surface area (Å²) in [5.74, 6) is 0. The summed E-state index contributed by atoms with van der Waals surface area (Å²) >= 11 is 0. The van der Waals surface area contributed by atoms with E-state index in [-0.39, 0.29) is 0 Å². The van der Waals surface area contributed by atoms with Crippen LogP contribution in [0.5, 0.6) is 0 Å². The highest BCUT2D eigenvalue weighted by atomic mass is 16.6. The molecule has 21 heavy (non-hydrogen) atoms. The second-order valence-electron chi connectivity index (χ2n) is 6.22. The van der Waals surface area contributed by atoms with E-state index in [1.165, 1.54) is 44.2 Å². The molecule has 2 aliphatic rings. The molecule has 2 fully saturated rings. The van der Waals surface area contributed by atoms with Crippen LogP contribution in [0.4, 0.5) is 5.69 Å². The molecular weight excluding hydrogens is 262 g/mol. The van der Waals surface area contributed by atoms with Crippen molar-refractivity contribution in [2.24, 2.45) is 0 Å². The fourth-order valence-electron chi connectivity index (χ4n) is 2.83. The van der Waals surface area contributed by atoms with E-state index in [9.17, 15) is 0 Å². The molecule has 0 bridgehead atoms. The van der Waals surface area contributed by atoms with E-state index in [1.807, 2.05) is 0 Å². The van der Waals surface area contributed by atoms with Crippen molar-refractivity contribution in [3.63, 3.8) is 0 Å². The Balaban J connectivity index is 1.39. The minimum absolute atomic E-state index is 0.578. The standard InChI is InChI=1S/C18H27NO2/c1-2-8-16(9-3-1)19(12-6-4-10-17-14-20-17)13-7-5-11-18-15-21-18/h1-3,8-9,17-18H,4-7,10-15H2. The normalized spacial score (nSPS) is 23.0. The van der Waals surface area contributed by atoms with Gasteiger partial charge < -0.3 is 14.4 Å². The number of epoxide rings is 2. The smallest absolute Gasteiger partial charge is 0.0810 e. The van der Waals surface area contributed by atoms with E-state index in [0.29, 0.717) is 12.2 Å². The third kappa shape index (κ3) is 5.68. The molecule has 116 valence electrons. The molecule has 2 atom stereocenters. The number of anilines is 1. The van der Waals surface area contributed by atoms with Crippen LogP contribution in [-0.2, 0) is 9.47 Å². The van der Waals surface area contributed by atoms with Crippen LogP contribution < -0.4 is 4.90 Å². The monoisotopic (exact) mass is 289 g/mol. The summed E-state index contributed by atoms with van der Waals surface area (Å²) in [5, 5.41) is 0. The van der Waals surface area contributed by atoms with E-state index in [4.69, 9.17) is 9.47 Å². The van der Waals surface area contributed by atoms with Gasteiger partial charge in [0, 0.05) is 18.8 Å². The summed E-state index contributed by atoms with van der Waals surface area (Å²) in [5.41, 5.74) is 1.36. The van der Waals surface area contributed by atoms with E-state index >= 15 is 0 Å². The quantitative estimate of drug-likeness (QED) is 0.460. The van der Waals surface area contributed by atoms with Crippen LogP contribution in [0.1, 0.15) is 38.5 Å². The van der Waals surface area contributed by atoms with Gasteiger partial charge >= 0.3 is 0 Å². The SMILES string of the molecule is c1ccc(N(CCCCC2CO2)CCCCC2CO2)cc1. The first kappa shape index (κ1) is 14.9. The first-order valence-corrected chi connectivity index (χ1v) is 8.45. The molecule has 0 amide bonds. The summed E-state index contributed by atoms with van der Waals surface area (Å²) in [7, 11) is 0. The van der Waals surface area contributed by atoms with E-state index in [2.05, 4.69) is 35.2 Å². The Labute approximate surface area is 128 Å². The Morgan fingerprint density at radius 3 is 1.81 bits per heavy atom. The molecule has 3 heteroatoms. The van der Waals surface area contributed by atoms with Crippen LogP contribution in [0.2, 0.25) is 0 Å².